The predicted molar refractivity (Wildman–Crippen MR) is 348 cm³/mol. The second-order valence-electron chi connectivity index (χ2n) is 25.0. The van der Waals surface area contributed by atoms with Gasteiger partial charge < -0.3 is 14.6 Å². The van der Waals surface area contributed by atoms with Crippen LogP contribution in [0.2, 0.25) is 0 Å². The first-order valence-corrected chi connectivity index (χ1v) is 36.4. The number of hydrogen-bond acceptors (Lipinski definition) is 5. The molecule has 0 heterocycles. The SMILES string of the molecule is CCCCCCC/C=C\C/C=C\CCCCCCCCCCCCCCCCCCCCCCCCCCCCCC(=O)OC(CO)COC(=O)CCCCCCCCCCCCCCCCCCCCCCCCCCCC. The lowest BCUT2D eigenvalue weighted by Crippen LogP contribution is -2.28. The van der Waals surface area contributed by atoms with E-state index in [9.17, 15) is 14.7 Å². The van der Waals surface area contributed by atoms with Crippen molar-refractivity contribution >= 4 is 11.9 Å². The predicted octanol–water partition coefficient (Wildman–Crippen LogP) is 25.2. The maximum absolute atomic E-state index is 12.4. The number of rotatable bonds is 69. The third-order valence-electron chi connectivity index (χ3n) is 17.0. The molecule has 1 N–H and O–H groups in total. The lowest BCUT2D eigenvalue weighted by molar-refractivity contribution is -0.161. The van der Waals surface area contributed by atoms with Crippen LogP contribution in [0, 0.1) is 0 Å². The van der Waals surface area contributed by atoms with Gasteiger partial charge in [0.2, 0.25) is 0 Å². The van der Waals surface area contributed by atoms with Gasteiger partial charge in [0.1, 0.15) is 6.61 Å². The van der Waals surface area contributed by atoms with E-state index in [1.807, 2.05) is 0 Å². The van der Waals surface area contributed by atoms with Gasteiger partial charge in [-0.3, -0.25) is 9.59 Å². The summed E-state index contributed by atoms with van der Waals surface area (Å²) in [5.41, 5.74) is 0. The van der Waals surface area contributed by atoms with Gasteiger partial charge in [-0.15, -0.1) is 0 Å². The summed E-state index contributed by atoms with van der Waals surface area (Å²) in [6.07, 6.45) is 92.4. The Morgan fingerprint density at radius 2 is 0.506 bits per heavy atom. The van der Waals surface area contributed by atoms with Crippen LogP contribution in [0.25, 0.3) is 0 Å². The van der Waals surface area contributed by atoms with E-state index in [2.05, 4.69) is 38.2 Å². The fourth-order valence-corrected chi connectivity index (χ4v) is 11.5. The van der Waals surface area contributed by atoms with Gasteiger partial charge in [-0.1, -0.05) is 385 Å². The fraction of sp³-hybridized carbons (Fsp3) is 0.919. The van der Waals surface area contributed by atoms with Crippen molar-refractivity contribution in [3.8, 4) is 0 Å². The van der Waals surface area contributed by atoms with Crippen LogP contribution in [-0.2, 0) is 19.1 Å². The summed E-state index contributed by atoms with van der Waals surface area (Å²) in [7, 11) is 0. The van der Waals surface area contributed by atoms with Gasteiger partial charge in [-0.25, -0.2) is 0 Å². The van der Waals surface area contributed by atoms with Crippen molar-refractivity contribution in [2.75, 3.05) is 13.2 Å². The molecule has 1 atom stereocenters. The van der Waals surface area contributed by atoms with Crippen molar-refractivity contribution in [1.29, 1.82) is 0 Å². The number of carbonyl (C=O) groups excluding carboxylic acids is 2. The Morgan fingerprint density at radius 3 is 0.747 bits per heavy atom. The molecule has 0 spiro atoms. The maximum atomic E-state index is 12.4. The lowest BCUT2D eigenvalue weighted by Gasteiger charge is -2.15. The van der Waals surface area contributed by atoms with Crippen LogP contribution >= 0.6 is 0 Å². The molecule has 0 aromatic carbocycles. The largest absolute Gasteiger partial charge is 0.462 e. The number of aliphatic hydroxyl groups is 1. The first kappa shape index (κ1) is 77.4. The van der Waals surface area contributed by atoms with Gasteiger partial charge in [0.15, 0.2) is 6.10 Å². The van der Waals surface area contributed by atoms with Gasteiger partial charge in [0.25, 0.3) is 0 Å². The van der Waals surface area contributed by atoms with Gasteiger partial charge in [0, 0.05) is 12.8 Å². The Kier molecular flexibility index (Phi) is 69.2. The van der Waals surface area contributed by atoms with Gasteiger partial charge in [0.05, 0.1) is 6.61 Å². The van der Waals surface area contributed by atoms with E-state index in [-0.39, 0.29) is 25.2 Å². The number of esters is 2. The number of allylic oxidation sites excluding steroid dienone is 4. The normalized spacial score (nSPS) is 12.2. The van der Waals surface area contributed by atoms with Crippen LogP contribution in [0.1, 0.15) is 418 Å². The third kappa shape index (κ3) is 68.8. The van der Waals surface area contributed by atoms with E-state index in [0.717, 1.165) is 38.5 Å². The molecule has 0 saturated heterocycles. The molecule has 0 aliphatic rings. The molecule has 0 radical (unpaired) electrons. The highest BCUT2D eigenvalue weighted by Gasteiger charge is 2.16. The fourth-order valence-electron chi connectivity index (χ4n) is 11.5. The Balaban J connectivity index is 3.35. The van der Waals surface area contributed by atoms with E-state index in [1.54, 1.807) is 0 Å². The minimum Gasteiger partial charge on any atom is -0.462 e. The summed E-state index contributed by atoms with van der Waals surface area (Å²) in [6, 6.07) is 0. The van der Waals surface area contributed by atoms with Crippen molar-refractivity contribution in [2.24, 2.45) is 0 Å². The highest BCUT2D eigenvalue weighted by atomic mass is 16.6. The topological polar surface area (TPSA) is 72.8 Å². The van der Waals surface area contributed by atoms with Crippen molar-refractivity contribution in [3.63, 3.8) is 0 Å². The zero-order valence-electron chi connectivity index (χ0n) is 53.9. The molecule has 0 fully saturated rings. The van der Waals surface area contributed by atoms with E-state index < -0.39 is 6.10 Å². The zero-order valence-corrected chi connectivity index (χ0v) is 53.9. The molecule has 0 aromatic heterocycles. The summed E-state index contributed by atoms with van der Waals surface area (Å²) in [5.74, 6) is -0.561. The molecule has 0 rings (SSSR count). The standard InChI is InChI=1S/C74H142O5/c1-3-5-7-9-11-13-15-17-19-21-23-25-27-29-31-32-33-34-35-36-37-38-39-40-41-42-43-45-47-49-51-53-55-57-59-61-63-65-67-69-74(77)79-72(70-75)71-78-73(76)68-66-64-62-60-58-56-54-52-50-48-46-44-30-28-26-24-22-20-18-16-14-12-10-8-6-4-2/h15,17,21,23,72,75H,3-14,16,18-20,22,24-71H2,1-2H3/b17-15-,23-21-. The first-order valence-electron chi connectivity index (χ1n) is 36.4. The zero-order chi connectivity index (χ0) is 56.9. The molecule has 0 aromatic rings. The quantitative estimate of drug-likeness (QED) is 0.0373. The summed E-state index contributed by atoms with van der Waals surface area (Å²) in [6.45, 7) is 4.20. The van der Waals surface area contributed by atoms with Crippen LogP contribution in [0.15, 0.2) is 24.3 Å². The number of ether oxygens (including phenoxy) is 2. The highest BCUT2D eigenvalue weighted by molar-refractivity contribution is 5.70. The molecular weight excluding hydrogens is 969 g/mol. The van der Waals surface area contributed by atoms with Gasteiger partial charge in [-0.05, 0) is 44.9 Å². The summed E-state index contributed by atoms with van der Waals surface area (Å²) in [4.78, 5) is 24.7. The van der Waals surface area contributed by atoms with E-state index >= 15 is 0 Å². The van der Waals surface area contributed by atoms with Crippen LogP contribution in [0.4, 0.5) is 0 Å². The minimum atomic E-state index is -0.767. The monoisotopic (exact) mass is 1110 g/mol. The molecule has 79 heavy (non-hydrogen) atoms. The van der Waals surface area contributed by atoms with E-state index in [0.29, 0.717) is 12.8 Å². The molecule has 5 nitrogen and oxygen atoms in total. The summed E-state index contributed by atoms with van der Waals surface area (Å²) < 4.78 is 10.8. The molecular formula is C74H142O5. The second-order valence-corrected chi connectivity index (χ2v) is 25.0. The smallest absolute Gasteiger partial charge is 0.306 e. The van der Waals surface area contributed by atoms with Crippen molar-refractivity contribution < 1.29 is 24.2 Å². The molecule has 1 unspecified atom stereocenters. The van der Waals surface area contributed by atoms with E-state index in [1.165, 1.54) is 353 Å². The average molecular weight is 1110 g/mol. The molecule has 468 valence electrons. The molecule has 0 aliphatic heterocycles. The van der Waals surface area contributed by atoms with Crippen LogP contribution in [0.5, 0.6) is 0 Å². The van der Waals surface area contributed by atoms with Crippen LogP contribution < -0.4 is 0 Å². The Bertz CT molecular complexity index is 1210. The van der Waals surface area contributed by atoms with Crippen molar-refractivity contribution in [2.45, 2.75) is 424 Å². The second kappa shape index (κ2) is 70.6. The summed E-state index contributed by atoms with van der Waals surface area (Å²) in [5, 5.41) is 9.70. The third-order valence-corrected chi connectivity index (χ3v) is 17.0. The van der Waals surface area contributed by atoms with E-state index in [4.69, 9.17) is 9.47 Å². The average Bonchev–Trinajstić information content (AvgIpc) is 3.45. The molecule has 0 bridgehead atoms. The van der Waals surface area contributed by atoms with Crippen LogP contribution in [0.3, 0.4) is 0 Å². The molecule has 5 heteroatoms. The molecule has 0 aliphatic carbocycles. The van der Waals surface area contributed by atoms with Gasteiger partial charge >= 0.3 is 11.9 Å². The Labute approximate surface area is 495 Å². The lowest BCUT2D eigenvalue weighted by atomic mass is 10.0. The van der Waals surface area contributed by atoms with Crippen molar-refractivity contribution in [1.82, 2.24) is 0 Å². The minimum absolute atomic E-state index is 0.0568. The molecule has 0 saturated carbocycles. The molecule has 0 amide bonds. The Hall–Kier alpha value is -1.62. The summed E-state index contributed by atoms with van der Waals surface area (Å²) >= 11 is 0. The van der Waals surface area contributed by atoms with Crippen molar-refractivity contribution in [3.05, 3.63) is 24.3 Å². The highest BCUT2D eigenvalue weighted by Crippen LogP contribution is 2.20. The Morgan fingerprint density at radius 1 is 0.291 bits per heavy atom. The first-order chi connectivity index (χ1) is 39.1. The van der Waals surface area contributed by atoms with Crippen LogP contribution in [-0.4, -0.2) is 36.4 Å². The number of unbranched alkanes of at least 4 members (excludes halogenated alkanes) is 57. The maximum Gasteiger partial charge on any atom is 0.306 e. The number of carbonyl (C=O) groups is 2. The number of aliphatic hydroxyl groups excluding tert-OH is 1. The van der Waals surface area contributed by atoms with Gasteiger partial charge in [-0.2, -0.15) is 0 Å². The number of hydrogen-bond donors (Lipinski definition) is 1.